The highest BCUT2D eigenvalue weighted by atomic mass is 32.1. The number of phenolic OH excluding ortho intramolecular Hbond substituents is 1. The van der Waals surface area contributed by atoms with Gasteiger partial charge < -0.3 is 19.4 Å². The Bertz CT molecular complexity index is 1250. The second-order valence-electron chi connectivity index (χ2n) is 6.55. The van der Waals surface area contributed by atoms with Gasteiger partial charge in [0, 0.05) is 11.1 Å². The number of phenols is 1. The minimum atomic E-state index is -1.04. The Kier molecular flexibility index (Phi) is 5.20. The fraction of sp³-hybridized carbons (Fsp3) is 0.143. The molecule has 2 aromatic heterocycles. The molecular formula is C21H16N2O6S. The van der Waals surface area contributed by atoms with E-state index in [2.05, 4.69) is 8.75 Å². The number of aromatic carboxylic acids is 1. The zero-order chi connectivity index (χ0) is 21.3. The Balaban J connectivity index is 1.81. The van der Waals surface area contributed by atoms with Gasteiger partial charge in [-0.15, -0.1) is 0 Å². The quantitative estimate of drug-likeness (QED) is 0.445. The van der Waals surface area contributed by atoms with Crippen molar-refractivity contribution in [3.63, 3.8) is 0 Å². The molecule has 152 valence electrons. The third-order valence-electron chi connectivity index (χ3n) is 4.76. The number of carbonyl (C=O) groups excluding carboxylic acids is 1. The zero-order valence-electron chi connectivity index (χ0n) is 15.7. The molecule has 4 aromatic rings. The molecule has 0 radical (unpaired) electrons. The SMILES string of the molecule is COC(=O)C[C@H](c1ccc(-c2cccc(C(=O)O)c2)o1)c1c(O)ccc2nsnc12. The predicted molar refractivity (Wildman–Crippen MR) is 109 cm³/mol. The molecular weight excluding hydrogens is 408 g/mol. The van der Waals surface area contributed by atoms with Crippen molar-refractivity contribution in [1.29, 1.82) is 0 Å². The van der Waals surface area contributed by atoms with Crippen molar-refractivity contribution in [3.05, 3.63) is 65.4 Å². The maximum Gasteiger partial charge on any atom is 0.335 e. The first-order valence-electron chi connectivity index (χ1n) is 8.92. The lowest BCUT2D eigenvalue weighted by Crippen LogP contribution is -2.10. The van der Waals surface area contributed by atoms with Gasteiger partial charge in [0.2, 0.25) is 0 Å². The molecule has 2 aromatic carbocycles. The summed E-state index contributed by atoms with van der Waals surface area (Å²) < 4.78 is 19.3. The fourth-order valence-corrected chi connectivity index (χ4v) is 3.85. The number of aromatic hydroxyl groups is 1. The van der Waals surface area contributed by atoms with Gasteiger partial charge in [0.05, 0.1) is 36.7 Å². The summed E-state index contributed by atoms with van der Waals surface area (Å²) in [4.78, 5) is 23.4. The van der Waals surface area contributed by atoms with Crippen molar-refractivity contribution in [2.45, 2.75) is 12.3 Å². The van der Waals surface area contributed by atoms with Crippen LogP contribution in [0.5, 0.6) is 5.75 Å². The summed E-state index contributed by atoms with van der Waals surface area (Å²) in [6.45, 7) is 0. The Morgan fingerprint density at radius 3 is 2.77 bits per heavy atom. The highest BCUT2D eigenvalue weighted by Gasteiger charge is 2.28. The minimum absolute atomic E-state index is 0.0325. The number of carboxylic acids is 1. The minimum Gasteiger partial charge on any atom is -0.508 e. The van der Waals surface area contributed by atoms with Crippen LogP contribution in [0.2, 0.25) is 0 Å². The molecule has 0 unspecified atom stereocenters. The van der Waals surface area contributed by atoms with E-state index in [4.69, 9.17) is 9.15 Å². The largest absolute Gasteiger partial charge is 0.508 e. The van der Waals surface area contributed by atoms with Crippen LogP contribution in [0.25, 0.3) is 22.4 Å². The van der Waals surface area contributed by atoms with E-state index in [1.54, 1.807) is 30.3 Å². The summed E-state index contributed by atoms with van der Waals surface area (Å²) in [5.41, 5.74) is 2.22. The Morgan fingerprint density at radius 2 is 2.00 bits per heavy atom. The molecule has 0 aliphatic rings. The third-order valence-corrected chi connectivity index (χ3v) is 5.30. The zero-order valence-corrected chi connectivity index (χ0v) is 16.5. The van der Waals surface area contributed by atoms with Gasteiger partial charge in [0.1, 0.15) is 28.3 Å². The van der Waals surface area contributed by atoms with E-state index >= 15 is 0 Å². The first-order chi connectivity index (χ1) is 14.5. The Labute approximate surface area is 174 Å². The van der Waals surface area contributed by atoms with Crippen LogP contribution in [0.4, 0.5) is 0 Å². The van der Waals surface area contributed by atoms with Crippen LogP contribution < -0.4 is 0 Å². The molecule has 30 heavy (non-hydrogen) atoms. The lowest BCUT2D eigenvalue weighted by Gasteiger charge is -2.16. The van der Waals surface area contributed by atoms with E-state index in [9.17, 15) is 19.8 Å². The normalized spacial score (nSPS) is 12.0. The number of benzene rings is 2. The number of furan rings is 1. The summed E-state index contributed by atoms with van der Waals surface area (Å²) in [7, 11) is 1.29. The number of ether oxygens (including phenoxy) is 1. The molecule has 0 saturated carbocycles. The van der Waals surface area contributed by atoms with Gasteiger partial charge in [-0.05, 0) is 36.4 Å². The predicted octanol–water partition coefficient (Wildman–Crippen LogP) is 4.05. The molecule has 4 rings (SSSR count). The number of fused-ring (bicyclic) bond motifs is 1. The maximum absolute atomic E-state index is 12.1. The van der Waals surface area contributed by atoms with Gasteiger partial charge in [-0.1, -0.05) is 12.1 Å². The van der Waals surface area contributed by atoms with Gasteiger partial charge >= 0.3 is 11.9 Å². The van der Waals surface area contributed by atoms with Gasteiger partial charge in [0.25, 0.3) is 0 Å². The smallest absolute Gasteiger partial charge is 0.335 e. The average molecular weight is 424 g/mol. The van der Waals surface area contributed by atoms with Gasteiger partial charge in [0.15, 0.2) is 0 Å². The van der Waals surface area contributed by atoms with Crippen LogP contribution in [0.15, 0.2) is 52.9 Å². The van der Waals surface area contributed by atoms with Crippen molar-refractivity contribution in [1.82, 2.24) is 8.75 Å². The highest BCUT2D eigenvalue weighted by molar-refractivity contribution is 7.00. The average Bonchev–Trinajstić information content (AvgIpc) is 3.42. The van der Waals surface area contributed by atoms with Crippen LogP contribution in [0, 0.1) is 0 Å². The molecule has 8 nitrogen and oxygen atoms in total. The van der Waals surface area contributed by atoms with E-state index in [0.29, 0.717) is 33.7 Å². The standard InChI is InChI=1S/C21H16N2O6S/c1-28-18(25)10-13(19-15(24)6-5-14-20(19)23-30-22-14)17-8-7-16(29-17)11-3-2-4-12(9-11)21(26)27/h2-9,13,24H,10H2,1H3,(H,26,27)/t13-/m1/s1. The van der Waals surface area contributed by atoms with Crippen LogP contribution >= 0.6 is 11.7 Å². The van der Waals surface area contributed by atoms with Crippen molar-refractivity contribution in [2.75, 3.05) is 7.11 Å². The molecule has 2 N–H and O–H groups in total. The number of methoxy groups -OCH3 is 1. The van der Waals surface area contributed by atoms with Gasteiger partial charge in [-0.25, -0.2) is 4.79 Å². The molecule has 1 atom stereocenters. The number of hydrogen-bond donors (Lipinski definition) is 2. The molecule has 2 heterocycles. The Hall–Kier alpha value is -3.72. The number of nitrogens with zero attached hydrogens (tertiary/aromatic N) is 2. The number of rotatable bonds is 6. The van der Waals surface area contributed by atoms with Crippen molar-refractivity contribution in [2.24, 2.45) is 0 Å². The highest BCUT2D eigenvalue weighted by Crippen LogP contribution is 2.40. The maximum atomic E-state index is 12.1. The van der Waals surface area contributed by atoms with Crippen molar-refractivity contribution in [3.8, 4) is 17.1 Å². The second-order valence-corrected chi connectivity index (χ2v) is 7.08. The van der Waals surface area contributed by atoms with E-state index in [-0.39, 0.29) is 17.7 Å². The summed E-state index contributed by atoms with van der Waals surface area (Å²) in [5.74, 6) is -1.38. The summed E-state index contributed by atoms with van der Waals surface area (Å²) in [5, 5.41) is 19.8. The van der Waals surface area contributed by atoms with E-state index in [1.165, 1.54) is 25.3 Å². The topological polar surface area (TPSA) is 123 Å². The number of aromatic nitrogens is 2. The molecule has 0 fully saturated rings. The molecule has 0 spiro atoms. The first-order valence-corrected chi connectivity index (χ1v) is 9.65. The number of carboxylic acid groups (broad SMARTS) is 1. The van der Waals surface area contributed by atoms with E-state index in [1.807, 2.05) is 0 Å². The first kappa shape index (κ1) is 19.6. The van der Waals surface area contributed by atoms with E-state index < -0.39 is 17.9 Å². The molecule has 0 saturated heterocycles. The van der Waals surface area contributed by atoms with Crippen molar-refractivity contribution >= 4 is 34.7 Å². The second kappa shape index (κ2) is 7.96. The van der Waals surface area contributed by atoms with Gasteiger partial charge in [-0.3, -0.25) is 4.79 Å². The van der Waals surface area contributed by atoms with Crippen LogP contribution in [0.1, 0.15) is 34.0 Å². The van der Waals surface area contributed by atoms with Gasteiger partial charge in [-0.2, -0.15) is 8.75 Å². The molecule has 0 bridgehead atoms. The lowest BCUT2D eigenvalue weighted by molar-refractivity contribution is -0.140. The lowest BCUT2D eigenvalue weighted by atomic mass is 9.91. The van der Waals surface area contributed by atoms with Crippen LogP contribution in [0.3, 0.4) is 0 Å². The third kappa shape index (κ3) is 3.62. The van der Waals surface area contributed by atoms with Crippen molar-refractivity contribution < 1.29 is 29.0 Å². The molecule has 0 amide bonds. The molecule has 0 aliphatic heterocycles. The number of carbonyl (C=O) groups is 2. The summed E-state index contributed by atoms with van der Waals surface area (Å²) >= 11 is 1.01. The number of hydrogen-bond acceptors (Lipinski definition) is 8. The fourth-order valence-electron chi connectivity index (χ4n) is 3.30. The number of esters is 1. The molecule has 0 aliphatic carbocycles. The Morgan fingerprint density at radius 1 is 1.17 bits per heavy atom. The van der Waals surface area contributed by atoms with Crippen LogP contribution in [-0.2, 0) is 9.53 Å². The van der Waals surface area contributed by atoms with Crippen LogP contribution in [-0.4, -0.2) is 38.0 Å². The monoisotopic (exact) mass is 424 g/mol. The summed E-state index contributed by atoms with van der Waals surface area (Å²) in [6.07, 6.45) is -0.0805. The summed E-state index contributed by atoms with van der Waals surface area (Å²) in [6, 6.07) is 12.9. The van der Waals surface area contributed by atoms with E-state index in [0.717, 1.165) is 11.7 Å². The molecule has 9 heteroatoms.